The van der Waals surface area contributed by atoms with Gasteiger partial charge in [0, 0.05) is 29.8 Å². The van der Waals surface area contributed by atoms with Gasteiger partial charge in [-0.15, -0.1) is 0 Å². The second-order valence-electron chi connectivity index (χ2n) is 8.59. The third kappa shape index (κ3) is 4.32. The Morgan fingerprint density at radius 2 is 1.94 bits per heavy atom. The van der Waals surface area contributed by atoms with E-state index < -0.39 is 10.0 Å². The molecule has 0 atom stereocenters. The Morgan fingerprint density at radius 1 is 1.21 bits per heavy atom. The van der Waals surface area contributed by atoms with Gasteiger partial charge in [-0.1, -0.05) is 0 Å². The molecule has 1 aromatic carbocycles. The summed E-state index contributed by atoms with van der Waals surface area (Å²) in [5.74, 6) is 0.819. The van der Waals surface area contributed by atoms with Crippen LogP contribution in [0, 0.1) is 5.92 Å². The van der Waals surface area contributed by atoms with Gasteiger partial charge >= 0.3 is 0 Å². The van der Waals surface area contributed by atoms with Crippen LogP contribution in [-0.2, 0) is 21.4 Å². The Morgan fingerprint density at radius 3 is 2.61 bits per heavy atom. The second kappa shape index (κ2) is 7.91. The summed E-state index contributed by atoms with van der Waals surface area (Å²) in [6.07, 6.45) is 4.41. The van der Waals surface area contributed by atoms with E-state index >= 15 is 0 Å². The van der Waals surface area contributed by atoms with Crippen molar-refractivity contribution in [3.8, 4) is 22.8 Å². The molecule has 2 amide bonds. The maximum atomic E-state index is 12.4. The molecule has 1 saturated heterocycles. The molecule has 2 fully saturated rings. The van der Waals surface area contributed by atoms with Crippen molar-refractivity contribution in [1.82, 2.24) is 15.2 Å². The molecule has 0 bridgehead atoms. The number of hydrogen-bond donors (Lipinski definition) is 2. The molecule has 0 unspecified atom stereocenters. The van der Waals surface area contributed by atoms with Gasteiger partial charge in [-0.25, -0.2) is 13.4 Å². The number of aromatic nitrogens is 1. The third-order valence-corrected chi connectivity index (χ3v) is 6.52. The molecule has 33 heavy (non-hydrogen) atoms. The van der Waals surface area contributed by atoms with Crippen molar-refractivity contribution in [2.75, 3.05) is 31.2 Å². The summed E-state index contributed by atoms with van der Waals surface area (Å²) in [5, 5.41) is 2.82. The molecule has 2 N–H and O–H groups in total. The van der Waals surface area contributed by atoms with E-state index in [9.17, 15) is 18.0 Å². The number of rotatable bonds is 7. The first-order valence-corrected chi connectivity index (χ1v) is 12.5. The van der Waals surface area contributed by atoms with Crippen molar-refractivity contribution in [2.45, 2.75) is 25.5 Å². The van der Waals surface area contributed by atoms with Gasteiger partial charge in [0.1, 0.15) is 17.5 Å². The number of ether oxygens (including phenoxy) is 2. The van der Waals surface area contributed by atoms with Crippen LogP contribution in [0.15, 0.2) is 24.4 Å². The number of nitrogens with zero attached hydrogens (tertiary/aromatic N) is 2. The Kier molecular flexibility index (Phi) is 5.15. The molecule has 1 aliphatic carbocycles. The number of carbonyl (C=O) groups is 2. The number of amides is 2. The summed E-state index contributed by atoms with van der Waals surface area (Å²) in [4.78, 5) is 30.6. The molecule has 2 aromatic rings. The average Bonchev–Trinajstić information content (AvgIpc) is 3.52. The number of benzene rings is 1. The number of sulfonamides is 1. The van der Waals surface area contributed by atoms with Crippen molar-refractivity contribution in [1.29, 1.82) is 0 Å². The predicted molar refractivity (Wildman–Crippen MR) is 120 cm³/mol. The Balaban J connectivity index is 1.45. The fourth-order valence-electron chi connectivity index (χ4n) is 4.14. The topological polar surface area (TPSA) is 127 Å². The summed E-state index contributed by atoms with van der Waals surface area (Å²) in [7, 11) is -2.15. The lowest BCUT2D eigenvalue weighted by Gasteiger charge is -2.39. The number of nitrogens with one attached hydrogen (secondary N) is 2. The summed E-state index contributed by atoms with van der Waals surface area (Å²) in [6.45, 7) is 1.40. The summed E-state index contributed by atoms with van der Waals surface area (Å²) in [6, 6.07) is 5.14. The number of fused-ring (bicyclic) bond motifs is 1. The molecule has 3 heterocycles. The number of anilines is 1. The van der Waals surface area contributed by atoms with Crippen LogP contribution < -0.4 is 19.5 Å². The fraction of sp³-hybridized carbons (Fsp3) is 0.409. The highest BCUT2D eigenvalue weighted by atomic mass is 32.2. The van der Waals surface area contributed by atoms with E-state index in [1.54, 1.807) is 23.2 Å². The molecule has 174 valence electrons. The SMILES string of the molecule is COc1ncc(-c2cc(OC3CN(C(=O)C4CC4)C3)cc3c2CNC3=O)cc1NS(C)(=O)=O. The largest absolute Gasteiger partial charge is 0.487 e. The zero-order valence-electron chi connectivity index (χ0n) is 18.3. The average molecular weight is 473 g/mol. The van der Waals surface area contributed by atoms with E-state index in [1.165, 1.54) is 7.11 Å². The minimum absolute atomic E-state index is 0.136. The van der Waals surface area contributed by atoms with E-state index in [-0.39, 0.29) is 35.4 Å². The Hall–Kier alpha value is -3.34. The van der Waals surface area contributed by atoms with Crippen LogP contribution in [0.4, 0.5) is 5.69 Å². The number of methoxy groups -OCH3 is 1. The maximum absolute atomic E-state index is 12.4. The highest BCUT2D eigenvalue weighted by Crippen LogP contribution is 2.37. The Bertz CT molecular complexity index is 1250. The molecule has 0 spiro atoms. The van der Waals surface area contributed by atoms with E-state index in [4.69, 9.17) is 9.47 Å². The standard InChI is InChI=1S/C22H24N4O6S/c1-31-21-19(25-33(2,29)30)5-13(8-24-21)16-6-14(7-17-18(16)9-23-20(17)27)32-15-10-26(11-15)22(28)12-3-4-12/h5-8,12,15,25H,3-4,9-11H2,1-2H3,(H,23,27). The first-order chi connectivity index (χ1) is 15.7. The van der Waals surface area contributed by atoms with Crippen LogP contribution in [0.1, 0.15) is 28.8 Å². The quantitative estimate of drug-likeness (QED) is 0.623. The van der Waals surface area contributed by atoms with Gasteiger partial charge in [-0.2, -0.15) is 0 Å². The molecule has 1 saturated carbocycles. The van der Waals surface area contributed by atoms with Gasteiger partial charge < -0.3 is 19.7 Å². The lowest BCUT2D eigenvalue weighted by molar-refractivity contribution is -0.141. The van der Waals surface area contributed by atoms with Gasteiger partial charge in [0.15, 0.2) is 0 Å². The first kappa shape index (κ1) is 21.5. The van der Waals surface area contributed by atoms with Crippen LogP contribution >= 0.6 is 0 Å². The Labute approximate surface area is 191 Å². The molecule has 11 heteroatoms. The summed E-state index contributed by atoms with van der Waals surface area (Å²) in [5.41, 5.74) is 2.80. The van der Waals surface area contributed by atoms with Crippen LogP contribution in [-0.4, -0.2) is 62.7 Å². The summed E-state index contributed by atoms with van der Waals surface area (Å²) >= 11 is 0. The third-order valence-electron chi connectivity index (χ3n) is 5.93. The highest BCUT2D eigenvalue weighted by molar-refractivity contribution is 7.92. The van der Waals surface area contributed by atoms with Crippen LogP contribution in [0.5, 0.6) is 11.6 Å². The van der Waals surface area contributed by atoms with Crippen molar-refractivity contribution in [3.63, 3.8) is 0 Å². The van der Waals surface area contributed by atoms with E-state index in [0.717, 1.165) is 24.7 Å². The first-order valence-electron chi connectivity index (χ1n) is 10.6. The maximum Gasteiger partial charge on any atom is 0.252 e. The van der Waals surface area contributed by atoms with Crippen LogP contribution in [0.3, 0.4) is 0 Å². The number of hydrogen-bond acceptors (Lipinski definition) is 7. The molecule has 10 nitrogen and oxygen atoms in total. The molecular formula is C22H24N4O6S. The molecule has 0 radical (unpaired) electrons. The lowest BCUT2D eigenvalue weighted by atomic mass is 9.97. The fourth-order valence-corrected chi connectivity index (χ4v) is 4.68. The van der Waals surface area contributed by atoms with Crippen LogP contribution in [0.2, 0.25) is 0 Å². The molecule has 1 aromatic heterocycles. The van der Waals surface area contributed by atoms with Crippen molar-refractivity contribution < 1.29 is 27.5 Å². The van der Waals surface area contributed by atoms with Crippen LogP contribution in [0.25, 0.3) is 11.1 Å². The van der Waals surface area contributed by atoms with Gasteiger partial charge in [0.2, 0.25) is 21.8 Å². The van der Waals surface area contributed by atoms with Gasteiger partial charge in [0.05, 0.1) is 26.5 Å². The lowest BCUT2D eigenvalue weighted by Crippen LogP contribution is -2.56. The predicted octanol–water partition coefficient (Wildman–Crippen LogP) is 1.37. The zero-order chi connectivity index (χ0) is 23.3. The van der Waals surface area contributed by atoms with Crippen molar-refractivity contribution in [2.24, 2.45) is 5.92 Å². The molecule has 3 aliphatic rings. The number of carbonyl (C=O) groups excluding carboxylic acids is 2. The molecule has 2 aliphatic heterocycles. The minimum atomic E-state index is -3.56. The monoisotopic (exact) mass is 472 g/mol. The summed E-state index contributed by atoms with van der Waals surface area (Å²) < 4.78 is 37.3. The zero-order valence-corrected chi connectivity index (χ0v) is 19.1. The molecular weight excluding hydrogens is 448 g/mol. The minimum Gasteiger partial charge on any atom is -0.487 e. The number of pyridine rings is 1. The van der Waals surface area contributed by atoms with E-state index in [0.29, 0.717) is 42.1 Å². The second-order valence-corrected chi connectivity index (χ2v) is 10.3. The van der Waals surface area contributed by atoms with Gasteiger partial charge in [-0.3, -0.25) is 14.3 Å². The van der Waals surface area contributed by atoms with Gasteiger partial charge in [0.25, 0.3) is 5.91 Å². The van der Waals surface area contributed by atoms with E-state index in [2.05, 4.69) is 15.0 Å². The number of likely N-dealkylation sites (tertiary alicyclic amines) is 1. The normalized spacial score (nSPS) is 17.8. The smallest absolute Gasteiger partial charge is 0.252 e. The van der Waals surface area contributed by atoms with Crippen molar-refractivity contribution in [3.05, 3.63) is 35.5 Å². The molecule has 5 rings (SSSR count). The van der Waals surface area contributed by atoms with Gasteiger partial charge in [-0.05, 0) is 42.2 Å². The highest BCUT2D eigenvalue weighted by Gasteiger charge is 2.40. The van der Waals surface area contributed by atoms with E-state index in [1.807, 2.05) is 6.07 Å². The van der Waals surface area contributed by atoms with Crippen molar-refractivity contribution >= 4 is 27.5 Å².